The summed E-state index contributed by atoms with van der Waals surface area (Å²) in [5, 5.41) is 0. The fraction of sp³-hybridized carbons (Fsp3) is 0. The van der Waals surface area contributed by atoms with Gasteiger partial charge in [-0.05, 0) is 54.6 Å². The van der Waals surface area contributed by atoms with E-state index in [2.05, 4.69) is 62.7 Å². The van der Waals surface area contributed by atoms with E-state index in [0.717, 1.165) is 47.2 Å². The Kier molecular flexibility index (Phi) is 13.6. The van der Waals surface area contributed by atoms with Gasteiger partial charge in [0.05, 0.1) is 17.1 Å². The maximum Gasteiger partial charge on any atom is 0.0713 e. The molecule has 0 N–H and O–H groups in total. The summed E-state index contributed by atoms with van der Waals surface area (Å²) >= 11 is 10.5. The molecule has 0 saturated carbocycles. The third-order valence-corrected chi connectivity index (χ3v) is 7.52. The third kappa shape index (κ3) is 9.39. The summed E-state index contributed by atoms with van der Waals surface area (Å²) in [5.74, 6) is 0. The molecule has 3 nitrogen and oxygen atoms in total. The van der Waals surface area contributed by atoms with Gasteiger partial charge in [-0.3, -0.25) is 15.0 Å². The number of halogens is 3. The minimum Gasteiger partial charge on any atom is -0.256 e. The summed E-state index contributed by atoms with van der Waals surface area (Å²) < 4.78 is 3.23. The Morgan fingerprint density at radius 2 is 0.575 bits per heavy atom. The fourth-order valence-electron chi connectivity index (χ4n) is 3.57. The van der Waals surface area contributed by atoms with Crippen LogP contribution in [0.25, 0.3) is 33.8 Å². The number of hydrogen-bond acceptors (Lipinski definition) is 3. The molecule has 0 spiro atoms. The number of rotatable bonds is 3. The van der Waals surface area contributed by atoms with E-state index in [4.69, 9.17) is 0 Å². The number of hydrogen-bond donors (Lipinski definition) is 0. The van der Waals surface area contributed by atoms with Crippen LogP contribution in [0.2, 0.25) is 0 Å². The Morgan fingerprint density at radius 1 is 0.325 bits per heavy atom. The molecule has 0 atom stereocenters. The van der Waals surface area contributed by atoms with Crippen molar-refractivity contribution in [1.29, 1.82) is 0 Å². The van der Waals surface area contributed by atoms with Crippen LogP contribution in [-0.2, 0) is 20.1 Å². The maximum absolute atomic E-state index is 4.28. The van der Waals surface area contributed by atoms with Crippen molar-refractivity contribution in [3.63, 3.8) is 0 Å². The van der Waals surface area contributed by atoms with Crippen molar-refractivity contribution >= 4 is 47.8 Å². The second-order valence-corrected chi connectivity index (χ2v) is 10.6. The summed E-state index contributed by atoms with van der Waals surface area (Å²) in [5.41, 5.74) is 6.37. The molecule has 0 aliphatic rings. The van der Waals surface area contributed by atoms with Gasteiger partial charge >= 0.3 is 0 Å². The van der Waals surface area contributed by atoms with Crippen LogP contribution in [0.15, 0.2) is 159 Å². The Balaban J connectivity index is 0.000000163. The molecule has 0 unspecified atom stereocenters. The van der Waals surface area contributed by atoms with Crippen LogP contribution in [0.4, 0.5) is 0 Å². The number of pyridine rings is 3. The average molecular weight is 895 g/mol. The molecule has 6 aromatic rings. The van der Waals surface area contributed by atoms with E-state index in [9.17, 15) is 0 Å². The minimum atomic E-state index is 0. The van der Waals surface area contributed by atoms with Crippen LogP contribution in [-0.4, -0.2) is 15.0 Å². The Bertz CT molecular complexity index is 1390. The van der Waals surface area contributed by atoms with Crippen molar-refractivity contribution in [2.75, 3.05) is 0 Å². The zero-order chi connectivity index (χ0) is 27.3. The SMILES string of the molecule is Brc1ccccc1-c1ccccn1.Brc1ccccc1-c1ccccn1.Brc1ccccc1-c1ccccn1.[Ir]. The van der Waals surface area contributed by atoms with Crippen LogP contribution >= 0.6 is 47.8 Å². The molecule has 3 aromatic carbocycles. The van der Waals surface area contributed by atoms with E-state index < -0.39 is 0 Å². The maximum atomic E-state index is 4.28. The van der Waals surface area contributed by atoms with Gasteiger partial charge in [0.2, 0.25) is 0 Å². The molecule has 3 aromatic heterocycles. The second-order valence-electron chi connectivity index (χ2n) is 8.08. The van der Waals surface area contributed by atoms with Crippen LogP contribution < -0.4 is 0 Å². The molecule has 1 radical (unpaired) electrons. The normalized spacial score (nSPS) is 9.68. The van der Waals surface area contributed by atoms with Crippen LogP contribution in [0.3, 0.4) is 0 Å². The van der Waals surface area contributed by atoms with Crippen LogP contribution in [0.5, 0.6) is 0 Å². The molecule has 0 saturated heterocycles. The van der Waals surface area contributed by atoms with E-state index in [0.29, 0.717) is 0 Å². The zero-order valence-corrected chi connectivity index (χ0v) is 28.3. The van der Waals surface area contributed by atoms with Gasteiger partial charge in [0, 0.05) is 68.8 Å². The molecule has 0 aliphatic carbocycles. The molecule has 0 fully saturated rings. The molecule has 3 heterocycles. The topological polar surface area (TPSA) is 38.7 Å². The van der Waals surface area contributed by atoms with Crippen molar-refractivity contribution < 1.29 is 20.1 Å². The van der Waals surface area contributed by atoms with Crippen LogP contribution in [0, 0.1) is 0 Å². The summed E-state index contributed by atoms with van der Waals surface area (Å²) in [6, 6.07) is 41.9. The van der Waals surface area contributed by atoms with Gasteiger partial charge in [-0.25, -0.2) is 0 Å². The van der Waals surface area contributed by atoms with E-state index in [-0.39, 0.29) is 20.1 Å². The molecule has 7 heteroatoms. The average Bonchev–Trinajstić information content (AvgIpc) is 3.00. The van der Waals surface area contributed by atoms with Crippen molar-refractivity contribution in [2.45, 2.75) is 0 Å². The first kappa shape index (κ1) is 31.7. The van der Waals surface area contributed by atoms with Crippen molar-refractivity contribution in [2.24, 2.45) is 0 Å². The number of nitrogens with zero attached hydrogens (tertiary/aromatic N) is 3. The van der Waals surface area contributed by atoms with Gasteiger partial charge in [0.25, 0.3) is 0 Å². The Hall–Kier alpha value is -2.80. The van der Waals surface area contributed by atoms with E-state index in [1.165, 1.54) is 0 Å². The van der Waals surface area contributed by atoms with Crippen LogP contribution in [0.1, 0.15) is 0 Å². The van der Waals surface area contributed by atoms with Gasteiger partial charge in [-0.2, -0.15) is 0 Å². The van der Waals surface area contributed by atoms with Gasteiger partial charge < -0.3 is 0 Å². The Labute approximate surface area is 273 Å². The Morgan fingerprint density at radius 3 is 0.800 bits per heavy atom. The molecule has 0 bridgehead atoms. The standard InChI is InChI=1S/3C11H8BrN.Ir/c3*12-10-6-2-1-5-9(10)11-7-3-4-8-13-11;/h3*1-8H;. The first-order valence-corrected chi connectivity index (χ1v) is 14.5. The number of benzene rings is 3. The summed E-state index contributed by atoms with van der Waals surface area (Å²) in [6.45, 7) is 0. The fourth-order valence-corrected chi connectivity index (χ4v) is 5.04. The van der Waals surface area contributed by atoms with Crippen molar-refractivity contribution in [3.05, 3.63) is 159 Å². The second kappa shape index (κ2) is 17.1. The largest absolute Gasteiger partial charge is 0.256 e. The summed E-state index contributed by atoms with van der Waals surface area (Å²) in [4.78, 5) is 12.8. The van der Waals surface area contributed by atoms with Gasteiger partial charge in [-0.15, -0.1) is 0 Å². The quantitative estimate of drug-likeness (QED) is 0.178. The van der Waals surface area contributed by atoms with Gasteiger partial charge in [-0.1, -0.05) is 121 Å². The predicted molar refractivity (Wildman–Crippen MR) is 172 cm³/mol. The van der Waals surface area contributed by atoms with Gasteiger partial charge in [0.1, 0.15) is 0 Å². The smallest absolute Gasteiger partial charge is 0.0713 e. The molecular weight excluding hydrogens is 870 g/mol. The van der Waals surface area contributed by atoms with Crippen molar-refractivity contribution in [3.8, 4) is 33.8 Å². The molecule has 201 valence electrons. The molecule has 40 heavy (non-hydrogen) atoms. The molecule has 6 rings (SSSR count). The summed E-state index contributed by atoms with van der Waals surface area (Å²) in [6.07, 6.45) is 5.40. The minimum absolute atomic E-state index is 0. The van der Waals surface area contributed by atoms with Gasteiger partial charge in [0.15, 0.2) is 0 Å². The summed E-state index contributed by atoms with van der Waals surface area (Å²) in [7, 11) is 0. The third-order valence-electron chi connectivity index (χ3n) is 5.44. The molecule has 0 amide bonds. The predicted octanol–water partition coefficient (Wildman–Crippen LogP) is 10.5. The van der Waals surface area contributed by atoms with E-state index in [1.807, 2.05) is 127 Å². The van der Waals surface area contributed by atoms with E-state index in [1.54, 1.807) is 18.6 Å². The first-order chi connectivity index (χ1) is 19.1. The molecule has 0 aliphatic heterocycles. The van der Waals surface area contributed by atoms with E-state index >= 15 is 0 Å². The molecular formula is C33H24Br3IrN3. The zero-order valence-electron chi connectivity index (χ0n) is 21.2. The number of aromatic nitrogens is 3. The first-order valence-electron chi connectivity index (χ1n) is 12.1. The van der Waals surface area contributed by atoms with Crippen molar-refractivity contribution in [1.82, 2.24) is 15.0 Å². The monoisotopic (exact) mass is 892 g/mol.